The van der Waals surface area contributed by atoms with Gasteiger partial charge in [-0.25, -0.2) is 0 Å². The Balaban J connectivity index is 1.64. The summed E-state index contributed by atoms with van der Waals surface area (Å²) in [6, 6.07) is 1.17. The molecule has 0 saturated heterocycles. The second-order valence-electron chi connectivity index (χ2n) is 9.22. The van der Waals surface area contributed by atoms with Crippen molar-refractivity contribution in [1.29, 1.82) is 0 Å². The van der Waals surface area contributed by atoms with Gasteiger partial charge in [0.2, 0.25) is 0 Å². The van der Waals surface area contributed by atoms with Crippen LogP contribution in [-0.4, -0.2) is 19.1 Å². The Hall–Kier alpha value is -0.340. The summed E-state index contributed by atoms with van der Waals surface area (Å²) in [6.07, 6.45) is 13.5. The second kappa shape index (κ2) is 5.08. The fourth-order valence-corrected chi connectivity index (χ4v) is 6.95. The minimum atomic E-state index is 0.436. The molecule has 0 aromatic rings. The quantitative estimate of drug-likeness (QED) is 0.722. The highest BCUT2D eigenvalue weighted by Crippen LogP contribution is 2.64. The highest BCUT2D eigenvalue weighted by molar-refractivity contribution is 5.26. The predicted octanol–water partition coefficient (Wildman–Crippen LogP) is 3.86. The topological polar surface area (TPSA) is 38.0 Å². The Morgan fingerprint density at radius 1 is 1.09 bits per heavy atom. The van der Waals surface area contributed by atoms with Crippen molar-refractivity contribution in [3.8, 4) is 0 Å². The Labute approximate surface area is 136 Å². The number of nitrogens with two attached hydrogens (primary N) is 1. The van der Waals surface area contributed by atoms with E-state index >= 15 is 0 Å². The summed E-state index contributed by atoms with van der Waals surface area (Å²) >= 11 is 0. The van der Waals surface area contributed by atoms with E-state index in [4.69, 9.17) is 5.73 Å². The summed E-state index contributed by atoms with van der Waals surface area (Å²) in [6.45, 7) is 5.10. The fraction of sp³-hybridized carbons (Fsp3) is 0.900. The second-order valence-corrected chi connectivity index (χ2v) is 9.22. The van der Waals surface area contributed by atoms with Gasteiger partial charge >= 0.3 is 0 Å². The highest BCUT2D eigenvalue weighted by atomic mass is 14.9. The molecule has 3 N–H and O–H groups in total. The van der Waals surface area contributed by atoms with Crippen LogP contribution in [0.15, 0.2) is 11.6 Å². The first-order valence-electron chi connectivity index (χ1n) is 9.61. The molecule has 4 aliphatic carbocycles. The van der Waals surface area contributed by atoms with Crippen LogP contribution >= 0.6 is 0 Å². The Morgan fingerprint density at radius 3 is 2.68 bits per heavy atom. The molecule has 2 nitrogen and oxygen atoms in total. The van der Waals surface area contributed by atoms with Crippen molar-refractivity contribution in [2.75, 3.05) is 7.05 Å². The number of hydrogen-bond donors (Lipinski definition) is 2. The molecule has 3 fully saturated rings. The van der Waals surface area contributed by atoms with Crippen LogP contribution in [-0.2, 0) is 0 Å². The highest BCUT2D eigenvalue weighted by Gasteiger charge is 2.57. The molecule has 22 heavy (non-hydrogen) atoms. The lowest BCUT2D eigenvalue weighted by Gasteiger charge is -2.58. The molecule has 4 rings (SSSR count). The maximum absolute atomic E-state index is 6.52. The van der Waals surface area contributed by atoms with Crippen LogP contribution in [0.25, 0.3) is 0 Å². The van der Waals surface area contributed by atoms with Gasteiger partial charge in [0.25, 0.3) is 0 Å². The monoisotopic (exact) mass is 302 g/mol. The van der Waals surface area contributed by atoms with Crippen LogP contribution < -0.4 is 11.1 Å². The zero-order chi connectivity index (χ0) is 15.5. The third kappa shape index (κ3) is 1.92. The Bertz CT molecular complexity index is 484. The molecule has 0 aliphatic heterocycles. The molecule has 0 aromatic heterocycles. The first-order valence-corrected chi connectivity index (χ1v) is 9.61. The maximum atomic E-state index is 6.52. The molecule has 0 spiro atoms. The van der Waals surface area contributed by atoms with Gasteiger partial charge < -0.3 is 11.1 Å². The van der Waals surface area contributed by atoms with Crippen LogP contribution in [0.1, 0.15) is 65.2 Å². The first kappa shape index (κ1) is 15.2. The van der Waals surface area contributed by atoms with E-state index in [9.17, 15) is 0 Å². The number of nitrogens with one attached hydrogen (secondary N) is 1. The molecule has 0 bridgehead atoms. The van der Waals surface area contributed by atoms with E-state index in [0.717, 1.165) is 17.8 Å². The number of allylic oxidation sites excluding steroid dienone is 1. The van der Waals surface area contributed by atoms with Gasteiger partial charge in [-0.05, 0) is 87.0 Å². The predicted molar refractivity (Wildman–Crippen MR) is 92.5 cm³/mol. The zero-order valence-corrected chi connectivity index (χ0v) is 14.7. The summed E-state index contributed by atoms with van der Waals surface area (Å²) < 4.78 is 0. The van der Waals surface area contributed by atoms with E-state index in [-0.39, 0.29) is 0 Å². The van der Waals surface area contributed by atoms with E-state index in [2.05, 4.69) is 32.3 Å². The lowest BCUT2D eigenvalue weighted by molar-refractivity contribution is -0.0316. The lowest BCUT2D eigenvalue weighted by atomic mass is 9.47. The third-order valence-electron chi connectivity index (χ3n) is 8.59. The normalized spacial score (nSPS) is 54.2. The van der Waals surface area contributed by atoms with E-state index in [1.807, 2.05) is 0 Å². The Kier molecular flexibility index (Phi) is 3.51. The SMILES string of the molecule is CNC1CCC2(C)C(=CCC3C2CCC2(C)C(N)CCC32)C1. The van der Waals surface area contributed by atoms with Crippen molar-refractivity contribution in [3.05, 3.63) is 11.6 Å². The van der Waals surface area contributed by atoms with Crippen LogP contribution in [0, 0.1) is 28.6 Å². The van der Waals surface area contributed by atoms with Crippen molar-refractivity contribution < 1.29 is 0 Å². The maximum Gasteiger partial charge on any atom is 0.0102 e. The summed E-state index contributed by atoms with van der Waals surface area (Å²) in [5, 5.41) is 3.52. The van der Waals surface area contributed by atoms with Crippen molar-refractivity contribution in [2.24, 2.45) is 34.3 Å². The summed E-state index contributed by atoms with van der Waals surface area (Å²) in [5.41, 5.74) is 9.23. The van der Waals surface area contributed by atoms with Crippen molar-refractivity contribution >= 4 is 0 Å². The van der Waals surface area contributed by atoms with Gasteiger partial charge in [-0.1, -0.05) is 25.5 Å². The molecule has 4 aliphatic rings. The van der Waals surface area contributed by atoms with Gasteiger partial charge in [-0.15, -0.1) is 0 Å². The number of rotatable bonds is 1. The minimum absolute atomic E-state index is 0.436. The molecular weight excluding hydrogens is 268 g/mol. The fourth-order valence-electron chi connectivity index (χ4n) is 6.95. The van der Waals surface area contributed by atoms with Crippen LogP contribution in [0.2, 0.25) is 0 Å². The molecule has 0 amide bonds. The van der Waals surface area contributed by atoms with Crippen LogP contribution in [0.4, 0.5) is 0 Å². The van der Waals surface area contributed by atoms with Gasteiger partial charge in [0, 0.05) is 12.1 Å². The molecule has 0 heterocycles. The van der Waals surface area contributed by atoms with Crippen molar-refractivity contribution in [3.63, 3.8) is 0 Å². The third-order valence-corrected chi connectivity index (χ3v) is 8.59. The first-order chi connectivity index (χ1) is 10.5. The molecule has 7 unspecified atom stereocenters. The lowest BCUT2D eigenvalue weighted by Crippen LogP contribution is -2.52. The van der Waals surface area contributed by atoms with Crippen molar-refractivity contribution in [1.82, 2.24) is 5.32 Å². The number of fused-ring (bicyclic) bond motifs is 5. The largest absolute Gasteiger partial charge is 0.327 e. The smallest absolute Gasteiger partial charge is 0.0102 e. The average Bonchev–Trinajstić information content (AvgIpc) is 2.82. The van der Waals surface area contributed by atoms with Crippen LogP contribution in [0.5, 0.6) is 0 Å². The van der Waals surface area contributed by atoms with Gasteiger partial charge in [-0.3, -0.25) is 0 Å². The minimum Gasteiger partial charge on any atom is -0.327 e. The number of hydrogen-bond acceptors (Lipinski definition) is 2. The van der Waals surface area contributed by atoms with E-state index < -0.39 is 0 Å². The van der Waals surface area contributed by atoms with E-state index in [1.54, 1.807) is 5.57 Å². The average molecular weight is 303 g/mol. The van der Waals surface area contributed by atoms with Crippen LogP contribution in [0.3, 0.4) is 0 Å². The Morgan fingerprint density at radius 2 is 1.91 bits per heavy atom. The molecular formula is C20H34N2. The molecule has 0 radical (unpaired) electrons. The molecule has 124 valence electrons. The summed E-state index contributed by atoms with van der Waals surface area (Å²) in [7, 11) is 2.13. The van der Waals surface area contributed by atoms with Crippen molar-refractivity contribution in [2.45, 2.75) is 77.3 Å². The molecule has 2 heteroatoms. The van der Waals surface area contributed by atoms with E-state index in [0.29, 0.717) is 22.9 Å². The van der Waals surface area contributed by atoms with Gasteiger partial charge in [0.15, 0.2) is 0 Å². The van der Waals surface area contributed by atoms with Gasteiger partial charge in [0.1, 0.15) is 0 Å². The van der Waals surface area contributed by atoms with Gasteiger partial charge in [-0.2, -0.15) is 0 Å². The molecule has 3 saturated carbocycles. The zero-order valence-electron chi connectivity index (χ0n) is 14.7. The summed E-state index contributed by atoms with van der Waals surface area (Å²) in [4.78, 5) is 0. The molecule has 0 aromatic carbocycles. The van der Waals surface area contributed by atoms with Gasteiger partial charge in [0.05, 0.1) is 0 Å². The van der Waals surface area contributed by atoms with E-state index in [1.165, 1.54) is 51.4 Å². The summed E-state index contributed by atoms with van der Waals surface area (Å²) in [5.74, 6) is 2.72. The standard InChI is InChI=1S/C20H34N2/c1-19-10-8-14(22-3)12-13(19)4-5-15-16-6-7-18(21)20(16,2)11-9-17(15)19/h4,14-18,22H,5-12,21H2,1-3H3. The molecule has 7 atom stereocenters.